The lowest BCUT2D eigenvalue weighted by molar-refractivity contribution is -0.138. The van der Waals surface area contributed by atoms with Crippen molar-refractivity contribution in [2.24, 2.45) is 0 Å². The maximum Gasteiger partial charge on any atom is 0.389 e. The molecule has 0 spiro atoms. The average molecular weight is 322 g/mol. The molecule has 0 saturated carbocycles. The van der Waals surface area contributed by atoms with Crippen molar-refractivity contribution >= 4 is 0 Å². The summed E-state index contributed by atoms with van der Waals surface area (Å²) >= 11 is 0. The smallest absolute Gasteiger partial charge is 0.314 e. The van der Waals surface area contributed by atoms with Crippen molar-refractivity contribution in [2.45, 2.75) is 32.0 Å². The van der Waals surface area contributed by atoms with Crippen molar-refractivity contribution < 1.29 is 22.0 Å². The third-order valence-electron chi connectivity index (χ3n) is 3.96. The minimum absolute atomic E-state index is 0.00856. The second-order valence-electron chi connectivity index (χ2n) is 5.56. The highest BCUT2D eigenvalue weighted by Crippen LogP contribution is 2.34. The topological polar surface area (TPSA) is 15.3 Å². The van der Waals surface area contributed by atoms with Crippen LogP contribution < -0.4 is 5.32 Å². The third-order valence-corrected chi connectivity index (χ3v) is 3.96. The van der Waals surface area contributed by atoms with Crippen LogP contribution in [0.1, 0.15) is 30.0 Å². The van der Waals surface area contributed by atoms with Crippen LogP contribution in [0, 0.1) is 18.6 Å². The fraction of sp³-hybridized carbons (Fsp3) is 0.600. The Bertz CT molecular complexity index is 509. The number of nitrogens with one attached hydrogen (secondary N) is 1. The highest BCUT2D eigenvalue weighted by molar-refractivity contribution is 5.28. The normalized spacial score (nSPS) is 18.5. The Morgan fingerprint density at radius 3 is 2.36 bits per heavy atom. The molecule has 1 N–H and O–H groups in total. The van der Waals surface area contributed by atoms with E-state index in [4.69, 9.17) is 0 Å². The van der Waals surface area contributed by atoms with Gasteiger partial charge in [0.25, 0.3) is 0 Å². The minimum Gasteiger partial charge on any atom is -0.314 e. The predicted octanol–water partition coefficient (Wildman–Crippen LogP) is 3.56. The van der Waals surface area contributed by atoms with Gasteiger partial charge in [0.05, 0.1) is 0 Å². The number of rotatable bonds is 4. The Morgan fingerprint density at radius 1 is 1.14 bits per heavy atom. The molecule has 1 fully saturated rings. The number of nitrogens with zero attached hydrogens (tertiary/aromatic N) is 1. The lowest BCUT2D eigenvalue weighted by Crippen LogP contribution is -2.45. The minimum atomic E-state index is -4.31. The number of hydrogen-bond acceptors (Lipinski definition) is 2. The van der Waals surface area contributed by atoms with E-state index in [0.29, 0.717) is 26.2 Å². The predicted molar refractivity (Wildman–Crippen MR) is 73.6 cm³/mol. The molecule has 0 aliphatic carbocycles. The fourth-order valence-electron chi connectivity index (χ4n) is 2.75. The first-order valence-electron chi connectivity index (χ1n) is 7.25. The molecule has 0 amide bonds. The Kier molecular flexibility index (Phi) is 5.39. The highest BCUT2D eigenvalue weighted by atomic mass is 19.4. The quantitative estimate of drug-likeness (QED) is 0.853. The Hall–Kier alpha value is -1.21. The summed E-state index contributed by atoms with van der Waals surface area (Å²) in [6, 6.07) is 2.05. The van der Waals surface area contributed by atoms with Crippen LogP contribution in [0.25, 0.3) is 0 Å². The zero-order chi connectivity index (χ0) is 16.3. The van der Waals surface area contributed by atoms with Gasteiger partial charge in [-0.15, -0.1) is 0 Å². The van der Waals surface area contributed by atoms with Crippen molar-refractivity contribution in [3.63, 3.8) is 0 Å². The average Bonchev–Trinajstić information content (AvgIpc) is 2.47. The lowest BCUT2D eigenvalue weighted by atomic mass is 9.97. The highest BCUT2D eigenvalue weighted by Gasteiger charge is 2.32. The second kappa shape index (κ2) is 6.91. The molecule has 1 heterocycles. The molecule has 1 aromatic carbocycles. The molecule has 0 radical (unpaired) electrons. The summed E-state index contributed by atoms with van der Waals surface area (Å²) in [4.78, 5) is 1.79. The standard InChI is InChI=1S/C15H19F5N2/c1-10-2-3-11(14(17)13(10)16)12(4-5-15(18,19)20)22-8-6-21-7-9-22/h2-3,12,21H,4-9H2,1H3/t12-/m0/s1. The van der Waals surface area contributed by atoms with E-state index >= 15 is 0 Å². The van der Waals surface area contributed by atoms with Crippen LogP contribution in [0.2, 0.25) is 0 Å². The van der Waals surface area contributed by atoms with Gasteiger partial charge in [-0.1, -0.05) is 12.1 Å². The maximum atomic E-state index is 14.2. The Balaban J connectivity index is 2.28. The van der Waals surface area contributed by atoms with Gasteiger partial charge in [-0.25, -0.2) is 8.78 Å². The maximum absolute atomic E-state index is 14.2. The van der Waals surface area contributed by atoms with Gasteiger partial charge in [0.1, 0.15) is 0 Å². The summed E-state index contributed by atoms with van der Waals surface area (Å²) < 4.78 is 65.6. The molecule has 1 aliphatic rings. The van der Waals surface area contributed by atoms with Crippen LogP contribution >= 0.6 is 0 Å². The van der Waals surface area contributed by atoms with Crippen LogP contribution in [0.4, 0.5) is 22.0 Å². The van der Waals surface area contributed by atoms with Gasteiger partial charge in [-0.05, 0) is 18.9 Å². The van der Waals surface area contributed by atoms with Gasteiger partial charge in [-0.2, -0.15) is 13.2 Å². The molecule has 2 rings (SSSR count). The number of aryl methyl sites for hydroxylation is 1. The molecule has 1 aliphatic heterocycles. The fourth-order valence-corrected chi connectivity index (χ4v) is 2.75. The first-order chi connectivity index (χ1) is 10.3. The molecular formula is C15H19F5N2. The van der Waals surface area contributed by atoms with E-state index in [0.717, 1.165) is 0 Å². The first kappa shape index (κ1) is 17.1. The number of hydrogen-bond donors (Lipinski definition) is 1. The number of alkyl halides is 3. The van der Waals surface area contributed by atoms with Gasteiger partial charge in [0.2, 0.25) is 0 Å². The van der Waals surface area contributed by atoms with E-state index in [1.165, 1.54) is 19.1 Å². The van der Waals surface area contributed by atoms with Crippen molar-refractivity contribution in [1.29, 1.82) is 0 Å². The van der Waals surface area contributed by atoms with Gasteiger partial charge < -0.3 is 5.32 Å². The van der Waals surface area contributed by atoms with E-state index in [9.17, 15) is 22.0 Å². The van der Waals surface area contributed by atoms with Crippen LogP contribution in [0.15, 0.2) is 12.1 Å². The summed E-state index contributed by atoms with van der Waals surface area (Å²) in [5.74, 6) is -2.02. The SMILES string of the molecule is Cc1ccc([C@H](CCC(F)(F)F)N2CCNCC2)c(F)c1F. The van der Waals surface area contributed by atoms with Gasteiger partial charge in [-0.3, -0.25) is 4.90 Å². The van der Waals surface area contributed by atoms with E-state index < -0.39 is 30.3 Å². The van der Waals surface area contributed by atoms with Crippen LogP contribution in [-0.2, 0) is 0 Å². The molecule has 0 aromatic heterocycles. The Morgan fingerprint density at radius 2 is 1.77 bits per heavy atom. The molecule has 124 valence electrons. The molecular weight excluding hydrogens is 303 g/mol. The van der Waals surface area contributed by atoms with E-state index in [1.54, 1.807) is 4.90 Å². The van der Waals surface area contributed by atoms with Crippen molar-refractivity contribution in [3.8, 4) is 0 Å². The van der Waals surface area contributed by atoms with Gasteiger partial charge in [0.15, 0.2) is 11.6 Å². The van der Waals surface area contributed by atoms with Crippen LogP contribution in [0.3, 0.4) is 0 Å². The van der Waals surface area contributed by atoms with Crippen molar-refractivity contribution in [2.75, 3.05) is 26.2 Å². The number of piperazine rings is 1. The number of benzene rings is 1. The zero-order valence-corrected chi connectivity index (χ0v) is 12.3. The lowest BCUT2D eigenvalue weighted by Gasteiger charge is -2.35. The van der Waals surface area contributed by atoms with Crippen molar-refractivity contribution in [3.05, 3.63) is 34.9 Å². The summed E-state index contributed by atoms with van der Waals surface area (Å²) in [5, 5.41) is 3.10. The summed E-state index contributed by atoms with van der Waals surface area (Å²) in [6.45, 7) is 3.70. The summed E-state index contributed by atoms with van der Waals surface area (Å²) in [7, 11) is 0. The largest absolute Gasteiger partial charge is 0.389 e. The summed E-state index contributed by atoms with van der Waals surface area (Å²) in [6.07, 6.45) is -5.61. The van der Waals surface area contributed by atoms with Gasteiger partial charge >= 0.3 is 6.18 Å². The molecule has 22 heavy (non-hydrogen) atoms. The van der Waals surface area contributed by atoms with Gasteiger partial charge in [0, 0.05) is 44.2 Å². The molecule has 1 aromatic rings. The van der Waals surface area contributed by atoms with Crippen LogP contribution in [0.5, 0.6) is 0 Å². The molecule has 1 atom stereocenters. The van der Waals surface area contributed by atoms with E-state index in [-0.39, 0.29) is 17.5 Å². The number of halogens is 5. The van der Waals surface area contributed by atoms with E-state index in [2.05, 4.69) is 5.32 Å². The van der Waals surface area contributed by atoms with E-state index in [1.807, 2.05) is 0 Å². The summed E-state index contributed by atoms with van der Waals surface area (Å²) in [5.41, 5.74) is 0.158. The third kappa shape index (κ3) is 4.16. The molecule has 0 bridgehead atoms. The van der Waals surface area contributed by atoms with Crippen molar-refractivity contribution in [1.82, 2.24) is 10.2 Å². The zero-order valence-electron chi connectivity index (χ0n) is 12.3. The van der Waals surface area contributed by atoms with Crippen LogP contribution in [-0.4, -0.2) is 37.3 Å². The molecule has 0 unspecified atom stereocenters. The monoisotopic (exact) mass is 322 g/mol. The molecule has 7 heteroatoms. The second-order valence-corrected chi connectivity index (χ2v) is 5.56. The first-order valence-corrected chi connectivity index (χ1v) is 7.25. The molecule has 2 nitrogen and oxygen atoms in total. The Labute approximate surface area is 126 Å². The molecule has 1 saturated heterocycles.